The summed E-state index contributed by atoms with van der Waals surface area (Å²) >= 11 is 3.11. The Morgan fingerprint density at radius 1 is 1.38 bits per heavy atom. The number of likely N-dealkylation sites (N-methyl/N-ethyl adjacent to an activating group) is 1. The number of carbonyl (C=O) groups excluding carboxylic acids is 1. The molecule has 0 bridgehead atoms. The van der Waals surface area contributed by atoms with Gasteiger partial charge in [0.25, 0.3) is 0 Å². The van der Waals surface area contributed by atoms with Gasteiger partial charge in [-0.2, -0.15) is 0 Å². The molecule has 0 fully saturated rings. The maximum absolute atomic E-state index is 11.1. The molecule has 1 atom stereocenters. The van der Waals surface area contributed by atoms with E-state index < -0.39 is 0 Å². The molecule has 0 aliphatic rings. The smallest absolute Gasteiger partial charge is 0.235 e. The first-order chi connectivity index (χ1) is 7.65. The van der Waals surface area contributed by atoms with Crippen LogP contribution in [0.5, 0.6) is 0 Å². The Morgan fingerprint density at radius 2 is 2.00 bits per heavy atom. The summed E-state index contributed by atoms with van der Waals surface area (Å²) in [6, 6.07) is 8.40. The third-order valence-corrected chi connectivity index (χ3v) is 2.90. The van der Waals surface area contributed by atoms with E-state index in [9.17, 15) is 4.79 Å². The molecule has 0 spiro atoms. The SMILES string of the molecule is CNC(C)Cc1ccc(NC(=O)CBr)cc1. The lowest BCUT2D eigenvalue weighted by atomic mass is 10.1. The molecule has 1 aromatic rings. The van der Waals surface area contributed by atoms with Gasteiger partial charge in [-0.15, -0.1) is 0 Å². The lowest BCUT2D eigenvalue weighted by Gasteiger charge is -2.10. The van der Waals surface area contributed by atoms with E-state index in [2.05, 4.69) is 33.5 Å². The van der Waals surface area contributed by atoms with E-state index in [1.165, 1.54) is 5.56 Å². The first-order valence-corrected chi connectivity index (χ1v) is 6.40. The van der Waals surface area contributed by atoms with Gasteiger partial charge in [-0.05, 0) is 38.1 Å². The Morgan fingerprint density at radius 3 is 2.50 bits per heavy atom. The maximum Gasteiger partial charge on any atom is 0.235 e. The van der Waals surface area contributed by atoms with Gasteiger partial charge in [-0.1, -0.05) is 28.1 Å². The second-order valence-electron chi connectivity index (χ2n) is 3.77. The fourth-order valence-electron chi connectivity index (χ4n) is 1.37. The zero-order chi connectivity index (χ0) is 12.0. The summed E-state index contributed by atoms with van der Waals surface area (Å²) in [4.78, 5) is 11.1. The van der Waals surface area contributed by atoms with Gasteiger partial charge >= 0.3 is 0 Å². The van der Waals surface area contributed by atoms with Crippen LogP contribution < -0.4 is 10.6 Å². The zero-order valence-electron chi connectivity index (χ0n) is 9.59. The Hall–Kier alpha value is -0.870. The molecule has 88 valence electrons. The van der Waals surface area contributed by atoms with Crippen LogP contribution in [0.1, 0.15) is 12.5 Å². The number of halogens is 1. The van der Waals surface area contributed by atoms with Crippen LogP contribution in [-0.4, -0.2) is 24.3 Å². The lowest BCUT2D eigenvalue weighted by Crippen LogP contribution is -2.23. The Labute approximate surface area is 105 Å². The van der Waals surface area contributed by atoms with Crippen LogP contribution in [0, 0.1) is 0 Å². The number of carbonyl (C=O) groups is 1. The third-order valence-electron chi connectivity index (χ3n) is 2.39. The molecule has 2 N–H and O–H groups in total. The van der Waals surface area contributed by atoms with Crippen LogP contribution in [0.25, 0.3) is 0 Å². The van der Waals surface area contributed by atoms with Gasteiger partial charge < -0.3 is 10.6 Å². The molecule has 0 saturated carbocycles. The van der Waals surface area contributed by atoms with Gasteiger partial charge in [0.05, 0.1) is 5.33 Å². The van der Waals surface area contributed by atoms with E-state index in [1.807, 2.05) is 31.3 Å². The second kappa shape index (κ2) is 6.66. The van der Waals surface area contributed by atoms with Crippen LogP contribution in [0.15, 0.2) is 24.3 Å². The highest BCUT2D eigenvalue weighted by molar-refractivity contribution is 9.09. The number of rotatable bonds is 5. The maximum atomic E-state index is 11.1. The molecule has 4 heteroatoms. The van der Waals surface area contributed by atoms with Crippen LogP contribution >= 0.6 is 15.9 Å². The summed E-state index contributed by atoms with van der Waals surface area (Å²) in [5, 5.41) is 6.30. The van der Waals surface area contributed by atoms with Crippen LogP contribution in [0.2, 0.25) is 0 Å². The number of amides is 1. The fourth-order valence-corrected chi connectivity index (χ4v) is 1.51. The van der Waals surface area contributed by atoms with Gasteiger partial charge in [0.1, 0.15) is 0 Å². The molecule has 0 aromatic heterocycles. The van der Waals surface area contributed by atoms with E-state index in [0.29, 0.717) is 11.4 Å². The second-order valence-corrected chi connectivity index (χ2v) is 4.33. The van der Waals surface area contributed by atoms with Crippen molar-refractivity contribution in [3.8, 4) is 0 Å². The average molecular weight is 285 g/mol. The molecule has 1 unspecified atom stereocenters. The molecule has 3 nitrogen and oxygen atoms in total. The summed E-state index contributed by atoms with van der Waals surface area (Å²) in [5.41, 5.74) is 2.10. The number of hydrogen-bond donors (Lipinski definition) is 2. The lowest BCUT2D eigenvalue weighted by molar-refractivity contribution is -0.113. The first-order valence-electron chi connectivity index (χ1n) is 5.27. The van der Waals surface area contributed by atoms with Crippen LogP contribution in [0.3, 0.4) is 0 Å². The first kappa shape index (κ1) is 13.2. The highest BCUT2D eigenvalue weighted by Crippen LogP contribution is 2.11. The molecule has 0 radical (unpaired) electrons. The van der Waals surface area contributed by atoms with Gasteiger partial charge in [0.2, 0.25) is 5.91 Å². The molecule has 1 aromatic carbocycles. The van der Waals surface area contributed by atoms with E-state index >= 15 is 0 Å². The molecule has 0 aliphatic carbocycles. The number of alkyl halides is 1. The average Bonchev–Trinajstić information content (AvgIpc) is 2.31. The third kappa shape index (κ3) is 4.33. The number of anilines is 1. The van der Waals surface area contributed by atoms with Crippen molar-refractivity contribution in [2.24, 2.45) is 0 Å². The zero-order valence-corrected chi connectivity index (χ0v) is 11.2. The van der Waals surface area contributed by atoms with Gasteiger partial charge in [-0.3, -0.25) is 4.79 Å². The van der Waals surface area contributed by atoms with Gasteiger partial charge in [0, 0.05) is 11.7 Å². The Balaban J connectivity index is 2.57. The van der Waals surface area contributed by atoms with Crippen LogP contribution in [-0.2, 0) is 11.2 Å². The summed E-state index contributed by atoms with van der Waals surface area (Å²) in [7, 11) is 1.95. The van der Waals surface area contributed by atoms with Crippen molar-refractivity contribution >= 4 is 27.5 Å². The molecular weight excluding hydrogens is 268 g/mol. The number of nitrogens with one attached hydrogen (secondary N) is 2. The standard InChI is InChI=1S/C12H17BrN2O/c1-9(14-2)7-10-3-5-11(6-4-10)15-12(16)8-13/h3-6,9,14H,7-8H2,1-2H3,(H,15,16). The van der Waals surface area contributed by atoms with Gasteiger partial charge in [0.15, 0.2) is 0 Å². The predicted molar refractivity (Wildman–Crippen MR) is 71.1 cm³/mol. The molecule has 1 amide bonds. The minimum Gasteiger partial charge on any atom is -0.325 e. The van der Waals surface area contributed by atoms with Crippen molar-refractivity contribution in [2.45, 2.75) is 19.4 Å². The predicted octanol–water partition coefficient (Wildman–Crippen LogP) is 2.17. The summed E-state index contributed by atoms with van der Waals surface area (Å²) < 4.78 is 0. The molecule has 0 aliphatic heterocycles. The van der Waals surface area contributed by atoms with E-state index in [-0.39, 0.29) is 5.91 Å². The highest BCUT2D eigenvalue weighted by atomic mass is 79.9. The molecule has 16 heavy (non-hydrogen) atoms. The molecular formula is C12H17BrN2O. The Kier molecular flexibility index (Phi) is 5.49. The number of hydrogen-bond acceptors (Lipinski definition) is 2. The minimum absolute atomic E-state index is 0.0312. The number of benzene rings is 1. The minimum atomic E-state index is -0.0312. The summed E-state index contributed by atoms with van der Waals surface area (Å²) in [6.45, 7) is 2.14. The van der Waals surface area contributed by atoms with Crippen LogP contribution in [0.4, 0.5) is 5.69 Å². The molecule has 0 heterocycles. The van der Waals surface area contributed by atoms with E-state index in [0.717, 1.165) is 12.1 Å². The monoisotopic (exact) mass is 284 g/mol. The quantitative estimate of drug-likeness (QED) is 0.814. The largest absolute Gasteiger partial charge is 0.325 e. The topological polar surface area (TPSA) is 41.1 Å². The van der Waals surface area contributed by atoms with Crippen molar-refractivity contribution in [1.29, 1.82) is 0 Å². The van der Waals surface area contributed by atoms with E-state index in [4.69, 9.17) is 0 Å². The van der Waals surface area contributed by atoms with Crippen molar-refractivity contribution in [2.75, 3.05) is 17.7 Å². The molecule has 1 rings (SSSR count). The fraction of sp³-hybridized carbons (Fsp3) is 0.417. The summed E-state index contributed by atoms with van der Waals surface area (Å²) in [6.07, 6.45) is 0.989. The van der Waals surface area contributed by atoms with Gasteiger partial charge in [-0.25, -0.2) is 0 Å². The molecule has 0 saturated heterocycles. The van der Waals surface area contributed by atoms with Crippen molar-refractivity contribution < 1.29 is 4.79 Å². The van der Waals surface area contributed by atoms with E-state index in [1.54, 1.807) is 0 Å². The highest BCUT2D eigenvalue weighted by Gasteiger charge is 2.02. The van der Waals surface area contributed by atoms with Crippen molar-refractivity contribution in [3.63, 3.8) is 0 Å². The van der Waals surface area contributed by atoms with Crippen molar-refractivity contribution in [3.05, 3.63) is 29.8 Å². The Bertz CT molecular complexity index is 337. The summed E-state index contributed by atoms with van der Waals surface area (Å²) in [5.74, 6) is -0.0312. The normalized spacial score (nSPS) is 12.2. The van der Waals surface area contributed by atoms with Crippen molar-refractivity contribution in [1.82, 2.24) is 5.32 Å².